The smallest absolute Gasteiger partial charge is 0.0409 e. The lowest BCUT2D eigenvalue weighted by Gasteiger charge is -2.11. The Hall–Kier alpha value is -0.140. The van der Waals surface area contributed by atoms with E-state index in [1.165, 1.54) is 22.3 Å². The van der Waals surface area contributed by atoms with E-state index in [4.69, 9.17) is 23.2 Å². The van der Waals surface area contributed by atoms with Crippen LogP contribution in [0.15, 0.2) is 36.4 Å². The number of fused-ring (bicyclic) bond motifs is 2. The molecule has 7 heteroatoms. The third-order valence-electron chi connectivity index (χ3n) is 5.32. The van der Waals surface area contributed by atoms with Crippen molar-refractivity contribution in [3.63, 3.8) is 0 Å². The molecule has 0 fully saturated rings. The molecule has 0 saturated heterocycles. The van der Waals surface area contributed by atoms with Crippen molar-refractivity contribution >= 4 is 57.2 Å². The van der Waals surface area contributed by atoms with Crippen LogP contribution in [0.25, 0.3) is 0 Å². The standard InChI is InChI=1S/2C11H14ClN.2BrH.H2O/c2*1-8-7-13-5-4-9-2-3-10(12)6-11(8)9;;;/h2*2-3,6,8,13H,4-5,7H2,1H3;2*1H;1H2/t2*8-;;;/m00.../s1. The number of nitrogens with one attached hydrogen (secondary N) is 2. The quantitative estimate of drug-likeness (QED) is 0.439. The van der Waals surface area contributed by atoms with Crippen molar-refractivity contribution in [2.75, 3.05) is 26.2 Å². The normalized spacial score (nSPS) is 19.9. The van der Waals surface area contributed by atoms with Crippen molar-refractivity contribution in [1.29, 1.82) is 0 Å². The van der Waals surface area contributed by atoms with Gasteiger partial charge in [0.05, 0.1) is 0 Å². The van der Waals surface area contributed by atoms with Crippen LogP contribution in [-0.2, 0) is 12.8 Å². The minimum Gasteiger partial charge on any atom is -0.412 e. The first-order valence-corrected chi connectivity index (χ1v) is 10.3. The molecule has 0 bridgehead atoms. The Bertz CT molecular complexity index is 698. The van der Waals surface area contributed by atoms with Gasteiger partial charge in [-0.15, -0.1) is 34.0 Å². The summed E-state index contributed by atoms with van der Waals surface area (Å²) in [6, 6.07) is 12.5. The molecular weight excluding hydrogens is 539 g/mol. The first kappa shape index (κ1) is 28.9. The summed E-state index contributed by atoms with van der Waals surface area (Å²) in [4.78, 5) is 0. The topological polar surface area (TPSA) is 55.6 Å². The van der Waals surface area contributed by atoms with Gasteiger partial charge >= 0.3 is 0 Å². The average molecular weight is 571 g/mol. The number of hydrogen-bond acceptors (Lipinski definition) is 2. The largest absolute Gasteiger partial charge is 0.412 e. The van der Waals surface area contributed by atoms with Crippen LogP contribution in [0.4, 0.5) is 0 Å². The van der Waals surface area contributed by atoms with E-state index in [-0.39, 0.29) is 39.4 Å². The second-order valence-electron chi connectivity index (χ2n) is 7.40. The van der Waals surface area contributed by atoms with Crippen LogP contribution in [-0.4, -0.2) is 31.7 Å². The molecule has 0 unspecified atom stereocenters. The fraction of sp³-hybridized carbons (Fsp3) is 0.455. The highest BCUT2D eigenvalue weighted by atomic mass is 79.9. The summed E-state index contributed by atoms with van der Waals surface area (Å²) < 4.78 is 0. The molecule has 0 aromatic heterocycles. The van der Waals surface area contributed by atoms with Gasteiger partial charge in [-0.1, -0.05) is 49.2 Å². The van der Waals surface area contributed by atoms with Gasteiger partial charge in [0, 0.05) is 23.1 Å². The summed E-state index contributed by atoms with van der Waals surface area (Å²) >= 11 is 11.9. The van der Waals surface area contributed by atoms with Gasteiger partial charge in [-0.25, -0.2) is 0 Å². The molecule has 0 spiro atoms. The maximum absolute atomic E-state index is 5.97. The molecule has 3 nitrogen and oxygen atoms in total. The van der Waals surface area contributed by atoms with Gasteiger partial charge in [0.1, 0.15) is 0 Å². The zero-order chi connectivity index (χ0) is 18.5. The Labute approximate surface area is 205 Å². The van der Waals surface area contributed by atoms with Crippen LogP contribution in [0.1, 0.15) is 47.9 Å². The van der Waals surface area contributed by atoms with Gasteiger partial charge in [-0.05, 0) is 84.3 Å². The zero-order valence-corrected chi connectivity index (χ0v) is 21.9. The van der Waals surface area contributed by atoms with Crippen LogP contribution >= 0.6 is 57.2 Å². The van der Waals surface area contributed by atoms with Crippen molar-refractivity contribution in [2.45, 2.75) is 38.5 Å². The molecule has 4 N–H and O–H groups in total. The Kier molecular flexibility index (Phi) is 14.0. The van der Waals surface area contributed by atoms with Crippen LogP contribution < -0.4 is 10.6 Å². The van der Waals surface area contributed by atoms with Gasteiger partial charge in [0.2, 0.25) is 0 Å². The molecule has 29 heavy (non-hydrogen) atoms. The monoisotopic (exact) mass is 568 g/mol. The first-order chi connectivity index (χ1) is 12.5. The second kappa shape index (κ2) is 14.0. The molecule has 2 aliphatic rings. The van der Waals surface area contributed by atoms with Gasteiger partial charge in [-0.2, -0.15) is 0 Å². The Morgan fingerprint density at radius 1 is 0.724 bits per heavy atom. The fourth-order valence-electron chi connectivity index (χ4n) is 3.81. The lowest BCUT2D eigenvalue weighted by Crippen LogP contribution is -2.18. The highest BCUT2D eigenvalue weighted by Crippen LogP contribution is 2.26. The zero-order valence-electron chi connectivity index (χ0n) is 16.9. The summed E-state index contributed by atoms with van der Waals surface area (Å²) in [7, 11) is 0. The molecule has 0 radical (unpaired) electrons. The molecular formula is C22H32Br2Cl2N2O. The third kappa shape index (κ3) is 8.13. The lowest BCUT2D eigenvalue weighted by molar-refractivity contribution is 0.644. The first-order valence-electron chi connectivity index (χ1n) is 9.52. The molecule has 2 heterocycles. The van der Waals surface area contributed by atoms with Gasteiger partial charge in [0.15, 0.2) is 0 Å². The van der Waals surface area contributed by atoms with Crippen LogP contribution in [0.3, 0.4) is 0 Å². The van der Waals surface area contributed by atoms with E-state index in [9.17, 15) is 0 Å². The molecule has 0 aliphatic carbocycles. The van der Waals surface area contributed by atoms with E-state index in [0.29, 0.717) is 11.8 Å². The molecule has 2 aromatic rings. The third-order valence-corrected chi connectivity index (χ3v) is 5.79. The molecule has 4 rings (SSSR count). The van der Waals surface area contributed by atoms with Gasteiger partial charge in [-0.3, -0.25) is 0 Å². The summed E-state index contributed by atoms with van der Waals surface area (Å²) in [6.45, 7) is 8.78. The average Bonchev–Trinajstić information content (AvgIpc) is 2.92. The van der Waals surface area contributed by atoms with Gasteiger partial charge in [0.25, 0.3) is 0 Å². The Morgan fingerprint density at radius 3 is 1.48 bits per heavy atom. The Morgan fingerprint density at radius 2 is 1.10 bits per heavy atom. The van der Waals surface area contributed by atoms with Crippen LogP contribution in [0.2, 0.25) is 10.0 Å². The molecule has 2 atom stereocenters. The predicted octanol–water partition coefficient (Wildman–Crippen LogP) is 5.51. The van der Waals surface area contributed by atoms with E-state index in [0.717, 1.165) is 49.1 Å². The molecule has 0 saturated carbocycles. The minimum atomic E-state index is 0. The van der Waals surface area contributed by atoms with Crippen molar-refractivity contribution in [2.24, 2.45) is 0 Å². The summed E-state index contributed by atoms with van der Waals surface area (Å²) in [5.74, 6) is 1.16. The van der Waals surface area contributed by atoms with Crippen LogP contribution in [0.5, 0.6) is 0 Å². The minimum absolute atomic E-state index is 0. The number of halogens is 4. The maximum atomic E-state index is 5.97. The molecule has 164 valence electrons. The van der Waals surface area contributed by atoms with Crippen molar-refractivity contribution < 1.29 is 5.48 Å². The van der Waals surface area contributed by atoms with E-state index in [2.05, 4.69) is 48.7 Å². The van der Waals surface area contributed by atoms with Crippen LogP contribution in [0, 0.1) is 0 Å². The molecule has 2 aliphatic heterocycles. The van der Waals surface area contributed by atoms with E-state index in [1.54, 1.807) is 0 Å². The van der Waals surface area contributed by atoms with Crippen molar-refractivity contribution in [3.8, 4) is 0 Å². The van der Waals surface area contributed by atoms with Crippen molar-refractivity contribution in [1.82, 2.24) is 10.6 Å². The second-order valence-corrected chi connectivity index (χ2v) is 8.27. The summed E-state index contributed by atoms with van der Waals surface area (Å²) in [6.07, 6.45) is 2.24. The summed E-state index contributed by atoms with van der Waals surface area (Å²) in [5.41, 5.74) is 5.72. The van der Waals surface area contributed by atoms with Gasteiger partial charge < -0.3 is 16.1 Å². The number of benzene rings is 2. The van der Waals surface area contributed by atoms with E-state index >= 15 is 0 Å². The molecule has 0 amide bonds. The SMILES string of the molecule is Br.Br.C[C@H]1CNCCc2ccc(Cl)cc21.C[C@H]1CNCCc2ccc(Cl)cc21.O. The lowest BCUT2D eigenvalue weighted by atomic mass is 9.96. The molecule has 2 aromatic carbocycles. The fourth-order valence-corrected chi connectivity index (χ4v) is 4.17. The number of hydrogen-bond donors (Lipinski definition) is 2. The van der Waals surface area contributed by atoms with Crippen molar-refractivity contribution in [3.05, 3.63) is 68.7 Å². The number of rotatable bonds is 0. The highest BCUT2D eigenvalue weighted by Gasteiger charge is 2.15. The summed E-state index contributed by atoms with van der Waals surface area (Å²) in [5, 5.41) is 8.55. The van der Waals surface area contributed by atoms with E-state index < -0.39 is 0 Å². The maximum Gasteiger partial charge on any atom is 0.0409 e. The predicted molar refractivity (Wildman–Crippen MR) is 137 cm³/mol. The highest BCUT2D eigenvalue weighted by molar-refractivity contribution is 8.93. The Balaban J connectivity index is 0.000000490. The van der Waals surface area contributed by atoms with E-state index in [1.807, 2.05) is 12.1 Å².